The fraction of sp³-hybridized carbons (Fsp3) is 0.267. The summed E-state index contributed by atoms with van der Waals surface area (Å²) in [5, 5.41) is 9.09. The van der Waals surface area contributed by atoms with Crippen LogP contribution in [0.2, 0.25) is 0 Å². The summed E-state index contributed by atoms with van der Waals surface area (Å²) in [5.41, 5.74) is 0.839. The van der Waals surface area contributed by atoms with Gasteiger partial charge in [-0.3, -0.25) is 9.55 Å². The van der Waals surface area contributed by atoms with Gasteiger partial charge in [-0.25, -0.2) is 8.42 Å². The van der Waals surface area contributed by atoms with Crippen molar-refractivity contribution in [1.82, 2.24) is 19.7 Å². The summed E-state index contributed by atoms with van der Waals surface area (Å²) in [5.74, 6) is 1.95. The van der Waals surface area contributed by atoms with Gasteiger partial charge in [-0.05, 0) is 24.3 Å². The molecule has 3 aromatic heterocycles. The third-order valence-electron chi connectivity index (χ3n) is 3.22. The fourth-order valence-corrected chi connectivity index (χ4v) is 4.22. The van der Waals surface area contributed by atoms with Gasteiger partial charge in [-0.2, -0.15) is 0 Å². The lowest BCUT2D eigenvalue weighted by molar-refractivity contribution is 0.485. The third-order valence-corrected chi connectivity index (χ3v) is 5.39. The molecule has 3 heterocycles. The maximum absolute atomic E-state index is 11.3. The second-order valence-electron chi connectivity index (χ2n) is 5.19. The summed E-state index contributed by atoms with van der Waals surface area (Å²) in [6, 6.07) is 7.43. The lowest BCUT2D eigenvalue weighted by Crippen LogP contribution is -2.07. The molecule has 0 fully saturated rings. The van der Waals surface area contributed by atoms with Crippen LogP contribution in [0.3, 0.4) is 0 Å². The number of hydrogen-bond acceptors (Lipinski definition) is 7. The highest BCUT2D eigenvalue weighted by Crippen LogP contribution is 2.24. The zero-order chi connectivity index (χ0) is 17.0. The first-order chi connectivity index (χ1) is 11.5. The summed E-state index contributed by atoms with van der Waals surface area (Å²) in [7, 11) is -3.01. The largest absolute Gasteiger partial charge is 0.467 e. The molecule has 0 saturated carbocycles. The van der Waals surface area contributed by atoms with Crippen LogP contribution in [-0.2, 0) is 16.4 Å². The predicted octanol–water partition coefficient (Wildman–Crippen LogP) is 2.12. The molecule has 3 aromatic rings. The first-order valence-corrected chi connectivity index (χ1v) is 10.2. The Labute approximate surface area is 144 Å². The molecule has 0 amide bonds. The number of hydrogen-bond donors (Lipinski definition) is 0. The van der Waals surface area contributed by atoms with Crippen molar-refractivity contribution in [3.05, 3.63) is 48.7 Å². The van der Waals surface area contributed by atoms with E-state index < -0.39 is 9.84 Å². The predicted molar refractivity (Wildman–Crippen MR) is 91.5 cm³/mol. The zero-order valence-electron chi connectivity index (χ0n) is 13.0. The fourth-order valence-electron chi connectivity index (χ4n) is 2.09. The smallest absolute Gasteiger partial charge is 0.191 e. The number of rotatable bonds is 7. The maximum atomic E-state index is 11.3. The summed E-state index contributed by atoms with van der Waals surface area (Å²) in [6.07, 6.45) is 6.24. The van der Waals surface area contributed by atoms with E-state index in [4.69, 9.17) is 4.42 Å². The van der Waals surface area contributed by atoms with Gasteiger partial charge in [-0.15, -0.1) is 10.2 Å². The summed E-state index contributed by atoms with van der Waals surface area (Å²) >= 11 is 1.36. The molecule has 0 radical (unpaired) electrons. The Hall–Kier alpha value is -2.13. The topological polar surface area (TPSA) is 90.9 Å². The third kappa shape index (κ3) is 4.24. The Kier molecular flexibility index (Phi) is 5.00. The Morgan fingerprint density at radius 3 is 2.79 bits per heavy atom. The second kappa shape index (κ2) is 7.18. The van der Waals surface area contributed by atoms with Gasteiger partial charge in [0.1, 0.15) is 15.6 Å². The van der Waals surface area contributed by atoms with Crippen molar-refractivity contribution in [2.24, 2.45) is 0 Å². The molecule has 0 spiro atoms. The number of nitrogens with zero attached hydrogens (tertiary/aromatic N) is 4. The maximum Gasteiger partial charge on any atom is 0.191 e. The Bertz CT molecular complexity index is 890. The molecule has 0 atom stereocenters. The van der Waals surface area contributed by atoms with Crippen LogP contribution in [0.5, 0.6) is 0 Å². The number of aromatic nitrogens is 4. The molecule has 0 aliphatic heterocycles. The Morgan fingerprint density at radius 2 is 2.12 bits per heavy atom. The van der Waals surface area contributed by atoms with Gasteiger partial charge in [0, 0.05) is 30.0 Å². The lowest BCUT2D eigenvalue weighted by Gasteiger charge is -2.08. The minimum absolute atomic E-state index is 0.0908. The van der Waals surface area contributed by atoms with Crippen LogP contribution in [-0.4, -0.2) is 45.9 Å². The van der Waals surface area contributed by atoms with Crippen LogP contribution in [0.1, 0.15) is 5.76 Å². The van der Waals surface area contributed by atoms with E-state index in [9.17, 15) is 8.42 Å². The quantitative estimate of drug-likeness (QED) is 0.593. The van der Waals surface area contributed by atoms with Gasteiger partial charge in [-0.1, -0.05) is 11.8 Å². The van der Waals surface area contributed by atoms with Gasteiger partial charge in [0.25, 0.3) is 0 Å². The van der Waals surface area contributed by atoms with Crippen LogP contribution in [0.25, 0.3) is 11.4 Å². The van der Waals surface area contributed by atoms with Crippen molar-refractivity contribution in [3.8, 4) is 11.4 Å². The molecule has 24 heavy (non-hydrogen) atoms. The van der Waals surface area contributed by atoms with E-state index >= 15 is 0 Å². The number of thioether (sulfide) groups is 1. The van der Waals surface area contributed by atoms with Crippen molar-refractivity contribution in [3.63, 3.8) is 0 Å². The van der Waals surface area contributed by atoms with Crippen molar-refractivity contribution in [2.75, 3.05) is 17.8 Å². The van der Waals surface area contributed by atoms with Gasteiger partial charge >= 0.3 is 0 Å². The Balaban J connectivity index is 1.89. The monoisotopic (exact) mass is 364 g/mol. The molecule has 0 N–H and O–H groups in total. The van der Waals surface area contributed by atoms with E-state index in [-0.39, 0.29) is 5.75 Å². The van der Waals surface area contributed by atoms with Crippen molar-refractivity contribution >= 4 is 21.6 Å². The SMILES string of the molecule is CS(=O)(=O)CCSc1nnc(-c2cccnc2)n1Cc1ccco1. The molecule has 7 nitrogen and oxygen atoms in total. The molecule has 0 aromatic carbocycles. The summed E-state index contributed by atoms with van der Waals surface area (Å²) < 4.78 is 29.9. The molecule has 9 heteroatoms. The van der Waals surface area contributed by atoms with E-state index in [1.54, 1.807) is 18.7 Å². The number of furan rings is 1. The molecular formula is C15H16N4O3S2. The first-order valence-electron chi connectivity index (χ1n) is 7.19. The van der Waals surface area contributed by atoms with Crippen LogP contribution in [0.15, 0.2) is 52.5 Å². The van der Waals surface area contributed by atoms with E-state index in [0.29, 0.717) is 23.3 Å². The molecule has 0 unspecified atom stereocenters. The van der Waals surface area contributed by atoms with Crippen LogP contribution in [0.4, 0.5) is 0 Å². The second-order valence-corrected chi connectivity index (χ2v) is 8.51. The van der Waals surface area contributed by atoms with Crippen molar-refractivity contribution in [1.29, 1.82) is 0 Å². The van der Waals surface area contributed by atoms with Crippen LogP contribution >= 0.6 is 11.8 Å². The van der Waals surface area contributed by atoms with E-state index in [1.165, 1.54) is 18.0 Å². The highest BCUT2D eigenvalue weighted by molar-refractivity contribution is 8.00. The molecule has 0 saturated heterocycles. The molecule has 0 aliphatic rings. The standard InChI is InChI=1S/C15H16N4O3S2/c1-24(20,21)9-8-23-15-18-17-14(12-4-2-6-16-10-12)19(15)11-13-5-3-7-22-13/h2-7,10H,8-9,11H2,1H3. The number of sulfone groups is 1. The highest BCUT2D eigenvalue weighted by atomic mass is 32.2. The van der Waals surface area contributed by atoms with Gasteiger partial charge in [0.05, 0.1) is 18.6 Å². The van der Waals surface area contributed by atoms with E-state index in [1.807, 2.05) is 28.8 Å². The van der Waals surface area contributed by atoms with Crippen LogP contribution in [0, 0.1) is 0 Å². The molecular weight excluding hydrogens is 348 g/mol. The van der Waals surface area contributed by atoms with E-state index in [2.05, 4.69) is 15.2 Å². The van der Waals surface area contributed by atoms with Crippen molar-refractivity contribution in [2.45, 2.75) is 11.7 Å². The average molecular weight is 364 g/mol. The summed E-state index contributed by atoms with van der Waals surface area (Å²) in [6.45, 7) is 0.464. The average Bonchev–Trinajstić information content (AvgIpc) is 3.18. The zero-order valence-corrected chi connectivity index (χ0v) is 14.6. The molecule has 0 aliphatic carbocycles. The first kappa shape index (κ1) is 16.7. The molecule has 3 rings (SSSR count). The minimum atomic E-state index is -3.01. The van der Waals surface area contributed by atoms with Gasteiger partial charge in [0.15, 0.2) is 11.0 Å². The summed E-state index contributed by atoms with van der Waals surface area (Å²) in [4.78, 5) is 4.11. The lowest BCUT2D eigenvalue weighted by atomic mass is 10.2. The normalized spacial score (nSPS) is 11.7. The molecule has 0 bridgehead atoms. The van der Waals surface area contributed by atoms with Gasteiger partial charge in [0.2, 0.25) is 0 Å². The highest BCUT2D eigenvalue weighted by Gasteiger charge is 2.16. The van der Waals surface area contributed by atoms with Gasteiger partial charge < -0.3 is 4.42 Å². The van der Waals surface area contributed by atoms with Crippen molar-refractivity contribution < 1.29 is 12.8 Å². The van der Waals surface area contributed by atoms with Crippen LogP contribution < -0.4 is 0 Å². The minimum Gasteiger partial charge on any atom is -0.467 e. The van der Waals surface area contributed by atoms with E-state index in [0.717, 1.165) is 11.3 Å². The Morgan fingerprint density at radius 1 is 1.25 bits per heavy atom. The number of pyridine rings is 1. The molecule has 126 valence electrons.